The minimum Gasteiger partial charge on any atom is -0.497 e. The number of benzene rings is 1. The highest BCUT2D eigenvalue weighted by Gasteiger charge is 2.09. The highest BCUT2D eigenvalue weighted by Crippen LogP contribution is 2.18. The molecule has 1 N–H and O–H groups in total. The number of nitrogens with one attached hydrogen (secondary N) is 1. The summed E-state index contributed by atoms with van der Waals surface area (Å²) in [5, 5.41) is 3.50. The summed E-state index contributed by atoms with van der Waals surface area (Å²) >= 11 is 2.05. The van der Waals surface area contributed by atoms with Crippen LogP contribution in [0, 0.1) is 5.92 Å². The summed E-state index contributed by atoms with van der Waals surface area (Å²) in [7, 11) is 1.72. The van der Waals surface area contributed by atoms with Gasteiger partial charge in [0.25, 0.3) is 0 Å². The Balaban J connectivity index is 2.44. The first-order valence-electron chi connectivity index (χ1n) is 7.71. The van der Waals surface area contributed by atoms with Crippen molar-refractivity contribution in [3.8, 4) is 5.75 Å². The van der Waals surface area contributed by atoms with Gasteiger partial charge in [-0.15, -0.1) is 0 Å². The van der Waals surface area contributed by atoms with Crippen molar-refractivity contribution in [1.29, 1.82) is 0 Å². The average Bonchev–Trinajstić information content (AvgIpc) is 2.49. The predicted octanol–water partition coefficient (Wildman–Crippen LogP) is 4.00. The van der Waals surface area contributed by atoms with Crippen LogP contribution in [0.15, 0.2) is 24.3 Å². The summed E-state index contributed by atoms with van der Waals surface area (Å²) < 4.78 is 5.22. The molecule has 1 aromatic carbocycles. The van der Waals surface area contributed by atoms with Crippen molar-refractivity contribution >= 4 is 11.8 Å². The van der Waals surface area contributed by atoms with Crippen LogP contribution in [-0.2, 0) is 6.42 Å². The number of hydrogen-bond donors (Lipinski definition) is 1. The second-order valence-corrected chi connectivity index (χ2v) is 6.46. The van der Waals surface area contributed by atoms with Gasteiger partial charge in [-0.25, -0.2) is 0 Å². The third-order valence-corrected chi connectivity index (χ3v) is 4.46. The minimum absolute atomic E-state index is 0.737. The third kappa shape index (κ3) is 7.20. The summed E-state index contributed by atoms with van der Waals surface area (Å²) in [5.74, 6) is 4.20. The van der Waals surface area contributed by atoms with E-state index in [2.05, 4.69) is 43.4 Å². The molecule has 3 heteroatoms. The van der Waals surface area contributed by atoms with Gasteiger partial charge in [-0.2, -0.15) is 11.8 Å². The molecule has 1 rings (SSSR count). The molecule has 0 saturated carbocycles. The van der Waals surface area contributed by atoms with Crippen LogP contribution in [0.1, 0.15) is 32.3 Å². The van der Waals surface area contributed by atoms with E-state index >= 15 is 0 Å². The molecule has 0 fully saturated rings. The normalized spacial score (nSPS) is 12.3. The van der Waals surface area contributed by atoms with Gasteiger partial charge in [0.1, 0.15) is 5.75 Å². The monoisotopic (exact) mass is 295 g/mol. The molecule has 0 spiro atoms. The van der Waals surface area contributed by atoms with Crippen LogP contribution in [0.3, 0.4) is 0 Å². The largest absolute Gasteiger partial charge is 0.497 e. The van der Waals surface area contributed by atoms with Crippen molar-refractivity contribution in [2.24, 2.45) is 5.92 Å². The van der Waals surface area contributed by atoms with Crippen LogP contribution in [-0.4, -0.2) is 31.7 Å². The molecule has 1 unspecified atom stereocenters. The first-order valence-corrected chi connectivity index (χ1v) is 8.87. The van der Waals surface area contributed by atoms with E-state index in [0.29, 0.717) is 0 Å². The maximum Gasteiger partial charge on any atom is 0.118 e. The van der Waals surface area contributed by atoms with Gasteiger partial charge in [0.15, 0.2) is 0 Å². The van der Waals surface area contributed by atoms with Gasteiger partial charge in [0, 0.05) is 0 Å². The van der Waals surface area contributed by atoms with Gasteiger partial charge in [0.05, 0.1) is 7.11 Å². The van der Waals surface area contributed by atoms with Gasteiger partial charge in [-0.1, -0.05) is 26.0 Å². The quantitative estimate of drug-likeness (QED) is 0.624. The summed E-state index contributed by atoms with van der Waals surface area (Å²) in [5.41, 5.74) is 1.41. The maximum atomic E-state index is 5.22. The van der Waals surface area contributed by atoms with Crippen LogP contribution < -0.4 is 10.1 Å². The second kappa shape index (κ2) is 11.0. The summed E-state index contributed by atoms with van der Waals surface area (Å²) in [6.07, 6.45) is 3.80. The Morgan fingerprint density at radius 1 is 1.20 bits per heavy atom. The molecular weight excluding hydrogens is 266 g/mol. The fourth-order valence-electron chi connectivity index (χ4n) is 2.34. The highest BCUT2D eigenvalue weighted by molar-refractivity contribution is 7.99. The lowest BCUT2D eigenvalue weighted by molar-refractivity contribution is 0.414. The number of hydrogen-bond acceptors (Lipinski definition) is 3. The molecule has 114 valence electrons. The van der Waals surface area contributed by atoms with Gasteiger partial charge in [-0.3, -0.25) is 0 Å². The lowest BCUT2D eigenvalue weighted by atomic mass is 9.95. The molecular formula is C17H29NOS. The van der Waals surface area contributed by atoms with Crippen LogP contribution in [0.25, 0.3) is 0 Å². The number of rotatable bonds is 11. The van der Waals surface area contributed by atoms with Gasteiger partial charge in [0.2, 0.25) is 0 Å². The Labute approximate surface area is 128 Å². The van der Waals surface area contributed by atoms with Gasteiger partial charge >= 0.3 is 0 Å². The summed E-state index contributed by atoms with van der Waals surface area (Å²) in [4.78, 5) is 0. The first kappa shape index (κ1) is 17.4. The lowest BCUT2D eigenvalue weighted by Crippen LogP contribution is -2.24. The Bertz CT molecular complexity index is 339. The minimum atomic E-state index is 0.737. The van der Waals surface area contributed by atoms with Crippen molar-refractivity contribution in [2.75, 3.05) is 31.7 Å². The Morgan fingerprint density at radius 3 is 2.55 bits per heavy atom. The Morgan fingerprint density at radius 2 is 1.95 bits per heavy atom. The van der Waals surface area contributed by atoms with Crippen molar-refractivity contribution in [1.82, 2.24) is 5.32 Å². The van der Waals surface area contributed by atoms with E-state index < -0.39 is 0 Å². The van der Waals surface area contributed by atoms with E-state index in [0.717, 1.165) is 31.2 Å². The van der Waals surface area contributed by atoms with Crippen molar-refractivity contribution in [2.45, 2.75) is 33.1 Å². The topological polar surface area (TPSA) is 21.3 Å². The maximum absolute atomic E-state index is 5.22. The fourth-order valence-corrected chi connectivity index (χ4v) is 3.00. The van der Waals surface area contributed by atoms with Crippen molar-refractivity contribution < 1.29 is 4.74 Å². The molecule has 0 radical (unpaired) electrons. The number of thioether (sulfide) groups is 1. The van der Waals surface area contributed by atoms with Crippen LogP contribution in [0.5, 0.6) is 5.75 Å². The standard InChI is InChI=1S/C17H29NOS/c1-4-18-14-16(7-6-12-20-5-2)13-15-8-10-17(19-3)11-9-15/h8-11,16,18H,4-7,12-14H2,1-3H3. The lowest BCUT2D eigenvalue weighted by Gasteiger charge is -2.17. The van der Waals surface area contributed by atoms with Crippen molar-refractivity contribution in [3.05, 3.63) is 29.8 Å². The second-order valence-electron chi connectivity index (χ2n) is 5.07. The van der Waals surface area contributed by atoms with Gasteiger partial charge in [-0.05, 0) is 67.5 Å². The molecule has 20 heavy (non-hydrogen) atoms. The summed E-state index contributed by atoms with van der Waals surface area (Å²) in [6, 6.07) is 8.51. The molecule has 0 aromatic heterocycles. The molecule has 2 nitrogen and oxygen atoms in total. The third-order valence-electron chi connectivity index (χ3n) is 3.47. The van der Waals surface area contributed by atoms with Crippen LogP contribution in [0.4, 0.5) is 0 Å². The first-order chi connectivity index (χ1) is 9.80. The Hall–Kier alpha value is -0.670. The smallest absolute Gasteiger partial charge is 0.118 e. The molecule has 0 aliphatic heterocycles. The fraction of sp³-hybridized carbons (Fsp3) is 0.647. The van der Waals surface area contributed by atoms with E-state index in [1.165, 1.54) is 29.9 Å². The zero-order valence-electron chi connectivity index (χ0n) is 13.2. The number of ether oxygens (including phenoxy) is 1. The molecule has 0 heterocycles. The predicted molar refractivity (Wildman–Crippen MR) is 91.0 cm³/mol. The zero-order valence-corrected chi connectivity index (χ0v) is 14.0. The molecule has 0 saturated heterocycles. The van der Waals surface area contributed by atoms with E-state index in [9.17, 15) is 0 Å². The Kier molecular flexibility index (Phi) is 9.60. The van der Waals surface area contributed by atoms with Crippen LogP contribution in [0.2, 0.25) is 0 Å². The van der Waals surface area contributed by atoms with Crippen molar-refractivity contribution in [3.63, 3.8) is 0 Å². The zero-order chi connectivity index (χ0) is 14.6. The summed E-state index contributed by atoms with van der Waals surface area (Å²) in [6.45, 7) is 6.59. The number of methoxy groups -OCH3 is 1. The molecule has 0 aliphatic carbocycles. The average molecular weight is 295 g/mol. The highest BCUT2D eigenvalue weighted by atomic mass is 32.2. The van der Waals surface area contributed by atoms with Crippen LogP contribution >= 0.6 is 11.8 Å². The van der Waals surface area contributed by atoms with E-state index in [-0.39, 0.29) is 0 Å². The molecule has 1 aromatic rings. The van der Waals surface area contributed by atoms with E-state index in [4.69, 9.17) is 4.74 Å². The van der Waals surface area contributed by atoms with E-state index in [1.54, 1.807) is 7.11 Å². The van der Waals surface area contributed by atoms with Gasteiger partial charge < -0.3 is 10.1 Å². The molecule has 0 amide bonds. The van der Waals surface area contributed by atoms with E-state index in [1.807, 2.05) is 11.8 Å². The SMILES string of the molecule is CCNCC(CCCSCC)Cc1ccc(OC)cc1. The molecule has 0 aliphatic rings. The molecule has 1 atom stereocenters. The molecule has 0 bridgehead atoms.